The Hall–Kier alpha value is -2.24. The number of hydrogen-bond acceptors (Lipinski definition) is 6. The normalized spacial score (nSPS) is 21.5. The van der Waals surface area contributed by atoms with E-state index >= 15 is 0 Å². The molecule has 3 rings (SSSR count). The Kier molecular flexibility index (Phi) is 11.1. The minimum absolute atomic E-state index is 0.769. The second-order valence-corrected chi connectivity index (χ2v) is 8.06. The fourth-order valence-electron chi connectivity index (χ4n) is 3.57. The van der Waals surface area contributed by atoms with E-state index in [4.69, 9.17) is 9.98 Å². The van der Waals surface area contributed by atoms with Gasteiger partial charge in [0.15, 0.2) is 0 Å². The minimum atomic E-state index is 0.769. The van der Waals surface area contributed by atoms with Gasteiger partial charge in [0.1, 0.15) is 0 Å². The average Bonchev–Trinajstić information content (AvgIpc) is 2.72. The lowest BCUT2D eigenvalue weighted by atomic mass is 10.1. The zero-order valence-electron chi connectivity index (χ0n) is 19.4. The van der Waals surface area contributed by atoms with E-state index in [1.165, 1.54) is 25.7 Å². The molecule has 0 aromatic heterocycles. The van der Waals surface area contributed by atoms with Crippen LogP contribution in [0.4, 0.5) is 0 Å². The fourth-order valence-corrected chi connectivity index (χ4v) is 3.57. The van der Waals surface area contributed by atoms with Gasteiger partial charge in [0.2, 0.25) is 0 Å². The predicted molar refractivity (Wildman–Crippen MR) is 132 cm³/mol. The van der Waals surface area contributed by atoms with Crippen LogP contribution in [0.1, 0.15) is 66.2 Å². The van der Waals surface area contributed by atoms with E-state index in [2.05, 4.69) is 48.3 Å². The van der Waals surface area contributed by atoms with Crippen LogP contribution >= 0.6 is 0 Å². The van der Waals surface area contributed by atoms with Gasteiger partial charge in [-0.15, -0.1) is 0 Å². The zero-order valence-corrected chi connectivity index (χ0v) is 19.4. The van der Waals surface area contributed by atoms with Crippen molar-refractivity contribution in [3.63, 3.8) is 0 Å². The molecule has 6 nitrogen and oxygen atoms in total. The molecule has 166 valence electrons. The quantitative estimate of drug-likeness (QED) is 0.627. The van der Waals surface area contributed by atoms with Crippen LogP contribution in [0.15, 0.2) is 42.5 Å². The molecule has 0 saturated heterocycles. The highest BCUT2D eigenvalue weighted by Crippen LogP contribution is 2.08. The average molecular weight is 413 g/mol. The number of rotatable bonds is 0. The maximum Gasteiger partial charge on any atom is 0.0422 e. The largest absolute Gasteiger partial charge is 0.388 e. The summed E-state index contributed by atoms with van der Waals surface area (Å²) >= 11 is 0. The van der Waals surface area contributed by atoms with Gasteiger partial charge in [0.05, 0.1) is 0 Å². The van der Waals surface area contributed by atoms with Gasteiger partial charge in [-0.25, -0.2) is 0 Å². The second-order valence-electron chi connectivity index (χ2n) is 8.06. The van der Waals surface area contributed by atoms with E-state index in [-0.39, 0.29) is 0 Å². The topological polar surface area (TPSA) is 73.5 Å². The van der Waals surface area contributed by atoms with Crippen LogP contribution < -0.4 is 10.6 Å². The van der Waals surface area contributed by atoms with E-state index < -0.39 is 0 Å². The number of aliphatic imine (C=N–C) groups is 4. The Labute approximate surface area is 182 Å². The summed E-state index contributed by atoms with van der Waals surface area (Å²) in [6.07, 6.45) is 10.7. The minimum Gasteiger partial charge on any atom is -0.388 e. The summed E-state index contributed by atoms with van der Waals surface area (Å²) in [6, 6.07) is 0. The molecule has 0 fully saturated rings. The monoisotopic (exact) mass is 412 g/mol. The van der Waals surface area contributed by atoms with Crippen molar-refractivity contribution >= 4 is 23.9 Å². The fraction of sp³-hybridized carbons (Fsp3) is 0.667. The first-order chi connectivity index (χ1) is 14.6. The van der Waals surface area contributed by atoms with Crippen molar-refractivity contribution in [2.45, 2.75) is 66.2 Å². The van der Waals surface area contributed by atoms with Gasteiger partial charge >= 0.3 is 0 Å². The molecule has 2 N–H and O–H groups in total. The Morgan fingerprint density at radius 3 is 1.47 bits per heavy atom. The molecule has 0 aliphatic carbocycles. The maximum atomic E-state index is 4.81. The highest BCUT2D eigenvalue weighted by atomic mass is 14.9. The first kappa shape index (κ1) is 24.0. The summed E-state index contributed by atoms with van der Waals surface area (Å²) < 4.78 is 0. The van der Waals surface area contributed by atoms with Crippen LogP contribution in [0.25, 0.3) is 0 Å². The van der Waals surface area contributed by atoms with Gasteiger partial charge in [-0.3, -0.25) is 20.0 Å². The van der Waals surface area contributed by atoms with Gasteiger partial charge in [-0.2, -0.15) is 0 Å². The lowest BCUT2D eigenvalue weighted by Gasteiger charge is -2.12. The number of allylic oxidation sites excluding steroid dienone is 4. The molecule has 3 aliphatic rings. The van der Waals surface area contributed by atoms with Crippen molar-refractivity contribution in [1.82, 2.24) is 10.6 Å². The molecular formula is C24H40N6. The Balaban J connectivity index is 2.36. The van der Waals surface area contributed by atoms with Crippen LogP contribution in [0, 0.1) is 0 Å². The summed E-state index contributed by atoms with van der Waals surface area (Å²) in [5.74, 6) is 0. The molecule has 0 saturated carbocycles. The predicted octanol–water partition coefficient (Wildman–Crippen LogP) is 4.14. The Bertz CT molecular complexity index is 664. The molecule has 0 aromatic rings. The molecule has 0 atom stereocenters. The summed E-state index contributed by atoms with van der Waals surface area (Å²) in [6.45, 7) is 13.5. The second kappa shape index (κ2) is 13.9. The van der Waals surface area contributed by atoms with Crippen LogP contribution in [0.2, 0.25) is 0 Å². The first-order valence-corrected chi connectivity index (χ1v) is 11.5. The smallest absolute Gasteiger partial charge is 0.0422 e. The highest BCUT2D eigenvalue weighted by molar-refractivity contribution is 6.16. The van der Waals surface area contributed by atoms with E-state index in [1.54, 1.807) is 0 Å². The molecule has 6 heteroatoms. The van der Waals surface area contributed by atoms with Gasteiger partial charge < -0.3 is 10.6 Å². The van der Waals surface area contributed by atoms with Crippen molar-refractivity contribution in [3.05, 3.63) is 22.5 Å². The molecule has 3 aliphatic heterocycles. The lowest BCUT2D eigenvalue weighted by Crippen LogP contribution is -2.19. The zero-order chi connectivity index (χ0) is 21.6. The van der Waals surface area contributed by atoms with Gasteiger partial charge in [0.25, 0.3) is 0 Å². The number of hydrogen-bond donors (Lipinski definition) is 2. The first-order valence-electron chi connectivity index (χ1n) is 11.5. The van der Waals surface area contributed by atoms with Crippen molar-refractivity contribution < 1.29 is 0 Å². The molecular weight excluding hydrogens is 372 g/mol. The molecule has 0 aromatic carbocycles. The van der Waals surface area contributed by atoms with E-state index in [0.29, 0.717) is 0 Å². The molecule has 0 radical (unpaired) electrons. The van der Waals surface area contributed by atoms with Gasteiger partial charge in [-0.1, -0.05) is 12.8 Å². The third-order valence-electron chi connectivity index (χ3n) is 5.50. The molecule has 0 unspecified atom stereocenters. The molecule has 0 spiro atoms. The standard InChI is InChI=1S/C24H40N6/c1-19-23-17-25-11-9-12-26-18-24(22(4)30-16-10-15-29-21(23)3)20(2)28-14-8-6-5-7-13-27-19/h17-18,27-28H,5-16H2,1-4H3. The lowest BCUT2D eigenvalue weighted by molar-refractivity contribution is 0.601. The molecule has 2 bridgehead atoms. The van der Waals surface area contributed by atoms with Crippen molar-refractivity contribution in [2.24, 2.45) is 20.0 Å². The van der Waals surface area contributed by atoms with Crippen LogP contribution in [0.3, 0.4) is 0 Å². The van der Waals surface area contributed by atoms with Crippen LogP contribution in [-0.2, 0) is 0 Å². The van der Waals surface area contributed by atoms with E-state index in [1.807, 2.05) is 12.4 Å². The summed E-state index contributed by atoms with van der Waals surface area (Å²) in [7, 11) is 0. The summed E-state index contributed by atoms with van der Waals surface area (Å²) in [5.41, 5.74) is 6.66. The van der Waals surface area contributed by atoms with Crippen LogP contribution in [-0.4, -0.2) is 63.1 Å². The third-order valence-corrected chi connectivity index (χ3v) is 5.50. The molecule has 0 amide bonds. The molecule has 3 heterocycles. The number of nitrogens with zero attached hydrogens (tertiary/aromatic N) is 4. The SMILES string of the molecule is CC1=NCCCN=C(C)C2=C(C)NCCCCCCNC(C)=C1C=NCCCN=C2. The van der Waals surface area contributed by atoms with E-state index in [9.17, 15) is 0 Å². The summed E-state index contributed by atoms with van der Waals surface area (Å²) in [5, 5.41) is 7.18. The Morgan fingerprint density at radius 2 is 1.00 bits per heavy atom. The van der Waals surface area contributed by atoms with Crippen molar-refractivity contribution in [1.29, 1.82) is 0 Å². The summed E-state index contributed by atoms with van der Waals surface area (Å²) in [4.78, 5) is 19.0. The number of fused-ring (bicyclic) bond motifs is 17. The van der Waals surface area contributed by atoms with Crippen molar-refractivity contribution in [2.75, 3.05) is 39.3 Å². The van der Waals surface area contributed by atoms with Gasteiger partial charge in [-0.05, 0) is 53.4 Å². The van der Waals surface area contributed by atoms with E-state index in [0.717, 1.165) is 86.1 Å². The van der Waals surface area contributed by atoms with Gasteiger partial charge in [0, 0.05) is 85.7 Å². The highest BCUT2D eigenvalue weighted by Gasteiger charge is 2.07. The van der Waals surface area contributed by atoms with Crippen molar-refractivity contribution in [3.8, 4) is 0 Å². The number of nitrogens with one attached hydrogen (secondary N) is 2. The maximum absolute atomic E-state index is 4.81. The molecule has 30 heavy (non-hydrogen) atoms. The third kappa shape index (κ3) is 8.64. The Morgan fingerprint density at radius 1 is 0.567 bits per heavy atom. The van der Waals surface area contributed by atoms with Crippen LogP contribution in [0.5, 0.6) is 0 Å².